The molecule has 242 valence electrons. The van der Waals surface area contributed by atoms with E-state index in [0.717, 1.165) is 90.9 Å². The lowest BCUT2D eigenvalue weighted by Gasteiger charge is -2.24. The molecule has 0 spiro atoms. The summed E-state index contributed by atoms with van der Waals surface area (Å²) < 4.78 is 16.5. The van der Waals surface area contributed by atoms with Gasteiger partial charge in [0.25, 0.3) is 0 Å². The smallest absolute Gasteiger partial charge is 0.143 e. The van der Waals surface area contributed by atoms with E-state index >= 15 is 0 Å². The highest BCUT2D eigenvalue weighted by molar-refractivity contribution is 6.16. The number of fused-ring (bicyclic) bond motifs is 9. The zero-order valence-electron chi connectivity index (χ0n) is 27.7. The van der Waals surface area contributed by atoms with Crippen molar-refractivity contribution >= 4 is 27.5 Å². The Labute approximate surface area is 296 Å². The molecule has 0 saturated heterocycles. The summed E-state index contributed by atoms with van der Waals surface area (Å²) in [5.74, 6) is 3.08. The van der Waals surface area contributed by atoms with E-state index < -0.39 is 0 Å². The first-order chi connectivity index (χ1) is 25.3. The lowest BCUT2D eigenvalue weighted by atomic mass is 9.93. The predicted octanol–water partition coefficient (Wildman–Crippen LogP) is 12.2. The van der Waals surface area contributed by atoms with Gasteiger partial charge in [0.1, 0.15) is 23.0 Å². The summed E-state index contributed by atoms with van der Waals surface area (Å²) in [5.41, 5.74) is 11.5. The van der Waals surface area contributed by atoms with Gasteiger partial charge in [-0.1, -0.05) is 121 Å². The van der Waals surface area contributed by atoms with Crippen LogP contribution in [-0.2, 0) is 0 Å². The molecule has 1 aromatic heterocycles. The van der Waals surface area contributed by atoms with E-state index in [2.05, 4.69) is 162 Å². The zero-order chi connectivity index (χ0) is 33.7. The average Bonchev–Trinajstić information content (AvgIpc) is 3.54. The molecule has 0 bridgehead atoms. The third-order valence-corrected chi connectivity index (χ3v) is 9.91. The molecule has 0 amide bonds. The minimum atomic E-state index is 0.762. The van der Waals surface area contributed by atoms with Crippen LogP contribution in [0.25, 0.3) is 66.6 Å². The van der Waals surface area contributed by atoms with Gasteiger partial charge in [-0.15, -0.1) is 0 Å². The SMILES string of the molecule is C1=CCNC(c2ccc3c(c2)Oc2ccccc2-c2ccccc2Oc2c-3cccc2-c2cccc3c2c2ccccc2n3-c2ccccc2)=C1. The third kappa shape index (κ3) is 4.84. The van der Waals surface area contributed by atoms with Crippen LogP contribution in [0.5, 0.6) is 23.0 Å². The van der Waals surface area contributed by atoms with E-state index in [9.17, 15) is 0 Å². The van der Waals surface area contributed by atoms with E-state index in [1.54, 1.807) is 0 Å². The molecule has 0 fully saturated rings. The number of nitrogens with zero attached hydrogens (tertiary/aromatic N) is 1. The van der Waals surface area contributed by atoms with E-state index in [1.165, 1.54) is 10.8 Å². The van der Waals surface area contributed by atoms with Crippen LogP contribution in [0, 0.1) is 0 Å². The molecule has 3 heterocycles. The van der Waals surface area contributed by atoms with E-state index in [0.29, 0.717) is 0 Å². The minimum Gasteiger partial charge on any atom is -0.456 e. The van der Waals surface area contributed by atoms with Crippen molar-refractivity contribution in [2.45, 2.75) is 0 Å². The largest absolute Gasteiger partial charge is 0.456 e. The van der Waals surface area contributed by atoms with Crippen LogP contribution in [0.1, 0.15) is 5.56 Å². The average molecular weight is 657 g/mol. The number of para-hydroxylation sites is 5. The van der Waals surface area contributed by atoms with Crippen molar-refractivity contribution in [1.29, 1.82) is 0 Å². The lowest BCUT2D eigenvalue weighted by Crippen LogP contribution is -2.14. The van der Waals surface area contributed by atoms with Gasteiger partial charge in [0, 0.05) is 62.1 Å². The Hall–Kier alpha value is -6.78. The highest BCUT2D eigenvalue weighted by Gasteiger charge is 2.25. The van der Waals surface area contributed by atoms with Crippen LogP contribution >= 0.6 is 0 Å². The first-order valence-corrected chi connectivity index (χ1v) is 17.3. The molecule has 4 nitrogen and oxygen atoms in total. The van der Waals surface area contributed by atoms with Gasteiger partial charge < -0.3 is 19.4 Å². The molecule has 8 aromatic rings. The van der Waals surface area contributed by atoms with Crippen molar-refractivity contribution in [3.8, 4) is 62.1 Å². The van der Waals surface area contributed by atoms with Crippen LogP contribution in [0.15, 0.2) is 176 Å². The molecule has 7 aromatic carbocycles. The Kier molecular flexibility index (Phi) is 6.85. The topological polar surface area (TPSA) is 35.4 Å². The summed E-state index contributed by atoms with van der Waals surface area (Å²) in [6.07, 6.45) is 6.31. The Bertz CT molecular complexity index is 2700. The fourth-order valence-electron chi connectivity index (χ4n) is 7.61. The first-order valence-electron chi connectivity index (χ1n) is 17.3. The molecular weight excluding hydrogens is 625 g/mol. The zero-order valence-corrected chi connectivity index (χ0v) is 27.7. The standard InChI is InChI=1S/C47H32N2O2/c1-2-14-32(15-3-1)49-41-23-7-4-18-39(41)46-36(19-13-24-42(46)49)38-21-12-20-37-35-28-27-31(40-22-10-11-29-48-40)30-45(35)50-43-25-8-5-16-33(43)34-17-6-9-26-44(34)51-47(37)38/h1-28,30,48H,29H2. The second-order valence-corrected chi connectivity index (χ2v) is 12.9. The van der Waals surface area contributed by atoms with Gasteiger partial charge in [-0.05, 0) is 60.2 Å². The maximum Gasteiger partial charge on any atom is 0.143 e. The van der Waals surface area contributed by atoms with Crippen molar-refractivity contribution in [2.24, 2.45) is 0 Å². The van der Waals surface area contributed by atoms with Crippen LogP contribution < -0.4 is 14.8 Å². The molecule has 0 atom stereocenters. The molecule has 2 aliphatic rings. The van der Waals surface area contributed by atoms with E-state index in [1.807, 2.05) is 24.3 Å². The van der Waals surface area contributed by atoms with Gasteiger partial charge in [-0.3, -0.25) is 0 Å². The number of allylic oxidation sites excluding steroid dienone is 2. The summed E-state index contributed by atoms with van der Waals surface area (Å²) in [5, 5.41) is 5.88. The van der Waals surface area contributed by atoms with Crippen molar-refractivity contribution in [3.63, 3.8) is 0 Å². The van der Waals surface area contributed by atoms with E-state index in [-0.39, 0.29) is 0 Å². The molecule has 1 N–H and O–H groups in total. The molecule has 0 unspecified atom stereocenters. The summed E-state index contributed by atoms with van der Waals surface area (Å²) in [7, 11) is 0. The van der Waals surface area contributed by atoms with Crippen molar-refractivity contribution < 1.29 is 9.47 Å². The van der Waals surface area contributed by atoms with Crippen molar-refractivity contribution in [2.75, 3.05) is 6.54 Å². The third-order valence-electron chi connectivity index (χ3n) is 9.91. The quantitative estimate of drug-likeness (QED) is 0.206. The van der Waals surface area contributed by atoms with Crippen molar-refractivity contribution in [3.05, 3.63) is 182 Å². The Morgan fingerprint density at radius 1 is 0.490 bits per heavy atom. The Morgan fingerprint density at radius 2 is 1.12 bits per heavy atom. The number of benzene rings is 7. The fourth-order valence-corrected chi connectivity index (χ4v) is 7.61. The number of nitrogens with one attached hydrogen (secondary N) is 1. The van der Waals surface area contributed by atoms with Gasteiger partial charge >= 0.3 is 0 Å². The van der Waals surface area contributed by atoms with Crippen LogP contribution in [0.3, 0.4) is 0 Å². The van der Waals surface area contributed by atoms with Crippen LogP contribution in [0.4, 0.5) is 0 Å². The summed E-state index contributed by atoms with van der Waals surface area (Å²) in [6.45, 7) is 0.787. The van der Waals surface area contributed by atoms with Gasteiger partial charge in [-0.25, -0.2) is 0 Å². The van der Waals surface area contributed by atoms with Gasteiger partial charge in [-0.2, -0.15) is 0 Å². The van der Waals surface area contributed by atoms with Crippen LogP contribution in [0.2, 0.25) is 0 Å². The van der Waals surface area contributed by atoms with E-state index in [4.69, 9.17) is 9.47 Å². The molecule has 0 aliphatic carbocycles. The number of aromatic nitrogens is 1. The van der Waals surface area contributed by atoms with Crippen LogP contribution in [-0.4, -0.2) is 11.1 Å². The summed E-state index contributed by atoms with van der Waals surface area (Å²) in [6, 6.07) is 55.2. The van der Waals surface area contributed by atoms with Gasteiger partial charge in [0.15, 0.2) is 0 Å². The number of hydrogen-bond acceptors (Lipinski definition) is 3. The summed E-state index contributed by atoms with van der Waals surface area (Å²) >= 11 is 0. The molecule has 2 aliphatic heterocycles. The number of rotatable bonds is 3. The second-order valence-electron chi connectivity index (χ2n) is 12.9. The molecule has 4 heteroatoms. The molecule has 0 radical (unpaired) electrons. The Morgan fingerprint density at radius 3 is 1.92 bits per heavy atom. The first kappa shape index (κ1) is 29.2. The molecule has 0 saturated carbocycles. The maximum absolute atomic E-state index is 7.22. The predicted molar refractivity (Wildman–Crippen MR) is 209 cm³/mol. The lowest BCUT2D eigenvalue weighted by molar-refractivity contribution is 0.473. The number of dihydropyridines is 1. The number of ether oxygens (including phenoxy) is 2. The molecule has 51 heavy (non-hydrogen) atoms. The highest BCUT2D eigenvalue weighted by atomic mass is 16.5. The number of hydrogen-bond donors (Lipinski definition) is 1. The molecule has 10 rings (SSSR count). The van der Waals surface area contributed by atoms with Gasteiger partial charge in [0.2, 0.25) is 0 Å². The molecular formula is C47H32N2O2. The monoisotopic (exact) mass is 656 g/mol. The minimum absolute atomic E-state index is 0.762. The second kappa shape index (κ2) is 12.0. The fraction of sp³-hybridized carbons (Fsp3) is 0.0213. The highest BCUT2D eigenvalue weighted by Crippen LogP contribution is 2.51. The maximum atomic E-state index is 7.22. The normalized spacial score (nSPS) is 13.1. The van der Waals surface area contributed by atoms with Crippen molar-refractivity contribution in [1.82, 2.24) is 9.88 Å². The van der Waals surface area contributed by atoms with Gasteiger partial charge in [0.05, 0.1) is 11.0 Å². The summed E-state index contributed by atoms with van der Waals surface area (Å²) in [4.78, 5) is 0. The Balaban J connectivity index is 1.27.